The average molecular weight is 420 g/mol. The highest BCUT2D eigenvalue weighted by molar-refractivity contribution is 5.97. The number of aliphatic hydroxyl groups is 1. The first kappa shape index (κ1) is 19.9. The maximum atomic E-state index is 13.6. The van der Waals surface area contributed by atoms with Crippen LogP contribution in [0.25, 0.3) is 5.57 Å². The molecule has 2 aromatic carbocycles. The van der Waals surface area contributed by atoms with Gasteiger partial charge in [0.2, 0.25) is 5.91 Å². The molecule has 0 aromatic heterocycles. The second kappa shape index (κ2) is 7.93. The van der Waals surface area contributed by atoms with Gasteiger partial charge in [0.15, 0.2) is 0 Å². The van der Waals surface area contributed by atoms with Crippen molar-refractivity contribution in [1.82, 2.24) is 9.80 Å². The first-order chi connectivity index (χ1) is 15.1. The molecule has 6 heteroatoms. The Morgan fingerprint density at radius 1 is 1.16 bits per heavy atom. The fourth-order valence-electron chi connectivity index (χ4n) is 5.31. The number of carbonyl (C=O) groups excluding carboxylic acids is 2. The van der Waals surface area contributed by atoms with Crippen LogP contribution in [0.5, 0.6) is 0 Å². The van der Waals surface area contributed by atoms with Crippen molar-refractivity contribution >= 4 is 17.4 Å². The molecule has 0 spiro atoms. The van der Waals surface area contributed by atoms with Crippen LogP contribution in [0.1, 0.15) is 46.7 Å². The van der Waals surface area contributed by atoms with E-state index in [0.717, 1.165) is 18.4 Å². The van der Waals surface area contributed by atoms with Gasteiger partial charge in [0.1, 0.15) is 12.4 Å². The normalized spacial score (nSPS) is 25.2. The van der Waals surface area contributed by atoms with E-state index in [-0.39, 0.29) is 48.5 Å². The maximum Gasteiger partial charge on any atom is 0.254 e. The number of fused-ring (bicyclic) bond motifs is 1. The van der Waals surface area contributed by atoms with Crippen molar-refractivity contribution in [2.75, 3.05) is 19.7 Å². The van der Waals surface area contributed by atoms with E-state index in [0.29, 0.717) is 6.54 Å². The molecule has 5 rings (SSSR count). The molecule has 2 heterocycles. The van der Waals surface area contributed by atoms with E-state index in [1.54, 1.807) is 11.0 Å². The van der Waals surface area contributed by atoms with Gasteiger partial charge in [-0.3, -0.25) is 9.59 Å². The number of allylic oxidation sites excluding steroid dienone is 2. The van der Waals surface area contributed by atoms with E-state index in [2.05, 4.69) is 30.3 Å². The van der Waals surface area contributed by atoms with Crippen molar-refractivity contribution in [3.05, 3.63) is 77.1 Å². The molecule has 1 N–H and O–H groups in total. The minimum atomic E-state index is -0.477. The average Bonchev–Trinajstić information content (AvgIpc) is 3.30. The number of rotatable bonds is 4. The van der Waals surface area contributed by atoms with Crippen LogP contribution in [-0.2, 0) is 4.79 Å². The lowest BCUT2D eigenvalue weighted by molar-refractivity contribution is -0.159. The van der Waals surface area contributed by atoms with Gasteiger partial charge >= 0.3 is 0 Å². The number of benzene rings is 2. The number of piperazine rings is 1. The SMILES string of the molecule is O=C(c1cccc(F)c1)N1CC(=O)N2[C@H](C1)[C@H](c1ccc(C3=CCCC3)cc1)[C@@H]2CO. The van der Waals surface area contributed by atoms with E-state index < -0.39 is 5.82 Å². The maximum absolute atomic E-state index is 13.6. The smallest absolute Gasteiger partial charge is 0.254 e. The summed E-state index contributed by atoms with van der Waals surface area (Å²) in [5.41, 5.74) is 3.90. The number of hydrogen-bond acceptors (Lipinski definition) is 3. The fraction of sp³-hybridized carbons (Fsp3) is 0.360. The van der Waals surface area contributed by atoms with Crippen molar-refractivity contribution in [2.45, 2.75) is 37.3 Å². The third kappa shape index (κ3) is 3.45. The molecule has 2 aliphatic heterocycles. The van der Waals surface area contributed by atoms with Gasteiger partial charge in [-0.05, 0) is 54.2 Å². The lowest BCUT2D eigenvalue weighted by atomic mass is 9.73. The van der Waals surface area contributed by atoms with E-state index >= 15 is 0 Å². The summed E-state index contributed by atoms with van der Waals surface area (Å²) < 4.78 is 13.6. The van der Waals surface area contributed by atoms with Gasteiger partial charge in [-0.2, -0.15) is 0 Å². The van der Waals surface area contributed by atoms with Crippen LogP contribution in [-0.4, -0.2) is 58.5 Å². The summed E-state index contributed by atoms with van der Waals surface area (Å²) in [4.78, 5) is 28.9. The molecule has 2 amide bonds. The standard InChI is InChI=1S/C25H25FN2O3/c26-20-7-3-6-19(12-20)25(31)27-13-21-24(22(15-29)28(21)23(30)14-27)18-10-8-17(9-11-18)16-4-1-2-5-16/h3-4,6-12,21-22,24,29H,1-2,5,13-15H2/t21-,22+,24+/m1/s1. The molecule has 3 atom stereocenters. The topological polar surface area (TPSA) is 60.9 Å². The molecule has 31 heavy (non-hydrogen) atoms. The molecule has 0 radical (unpaired) electrons. The molecule has 1 aliphatic carbocycles. The Morgan fingerprint density at radius 3 is 2.65 bits per heavy atom. The molecule has 5 nitrogen and oxygen atoms in total. The van der Waals surface area contributed by atoms with Crippen molar-refractivity contribution < 1.29 is 19.1 Å². The molecule has 160 valence electrons. The summed E-state index contributed by atoms with van der Waals surface area (Å²) in [6.45, 7) is 0.203. The zero-order chi connectivity index (χ0) is 21.5. The van der Waals surface area contributed by atoms with Crippen molar-refractivity contribution in [2.24, 2.45) is 0 Å². The molecule has 0 unspecified atom stereocenters. The molecule has 3 aliphatic rings. The zero-order valence-electron chi connectivity index (χ0n) is 17.2. The van der Waals surface area contributed by atoms with Crippen LogP contribution < -0.4 is 0 Å². The summed E-state index contributed by atoms with van der Waals surface area (Å²) >= 11 is 0. The number of halogens is 1. The number of hydrogen-bond donors (Lipinski definition) is 1. The van der Waals surface area contributed by atoms with Crippen LogP contribution in [0.3, 0.4) is 0 Å². The van der Waals surface area contributed by atoms with E-state index in [1.165, 1.54) is 40.7 Å². The monoisotopic (exact) mass is 420 g/mol. The van der Waals surface area contributed by atoms with Gasteiger partial charge in [-0.1, -0.05) is 36.4 Å². The largest absolute Gasteiger partial charge is 0.394 e. The Balaban J connectivity index is 1.38. The van der Waals surface area contributed by atoms with Crippen LogP contribution in [0.2, 0.25) is 0 Å². The Labute approximate surface area is 180 Å². The van der Waals surface area contributed by atoms with Crippen molar-refractivity contribution in [1.29, 1.82) is 0 Å². The van der Waals surface area contributed by atoms with Crippen molar-refractivity contribution in [3.63, 3.8) is 0 Å². The van der Waals surface area contributed by atoms with E-state index in [4.69, 9.17) is 0 Å². The van der Waals surface area contributed by atoms with Crippen LogP contribution in [0.15, 0.2) is 54.6 Å². The Morgan fingerprint density at radius 2 is 1.97 bits per heavy atom. The summed E-state index contributed by atoms with van der Waals surface area (Å²) in [7, 11) is 0. The summed E-state index contributed by atoms with van der Waals surface area (Å²) in [5, 5.41) is 9.96. The quantitative estimate of drug-likeness (QED) is 0.826. The minimum Gasteiger partial charge on any atom is -0.394 e. The molecule has 2 fully saturated rings. The zero-order valence-corrected chi connectivity index (χ0v) is 17.2. The predicted octanol–water partition coefficient (Wildman–Crippen LogP) is 3.20. The second-order valence-corrected chi connectivity index (χ2v) is 8.58. The van der Waals surface area contributed by atoms with Crippen LogP contribution in [0, 0.1) is 5.82 Å². The number of aliphatic hydroxyl groups excluding tert-OH is 1. The summed E-state index contributed by atoms with van der Waals surface area (Å²) in [5.74, 6) is -1.04. The van der Waals surface area contributed by atoms with Gasteiger partial charge in [-0.25, -0.2) is 4.39 Å². The molecule has 0 saturated carbocycles. The number of carbonyl (C=O) groups is 2. The fourth-order valence-corrected chi connectivity index (χ4v) is 5.31. The summed E-state index contributed by atoms with van der Waals surface area (Å²) in [6, 6.07) is 13.5. The molecule has 2 saturated heterocycles. The van der Waals surface area contributed by atoms with Crippen LogP contribution >= 0.6 is 0 Å². The molecule has 2 aromatic rings. The lowest BCUT2D eigenvalue weighted by Gasteiger charge is -2.58. The Kier molecular flexibility index (Phi) is 5.10. The third-order valence-corrected chi connectivity index (χ3v) is 6.82. The highest BCUT2D eigenvalue weighted by Crippen LogP contribution is 2.43. The third-order valence-electron chi connectivity index (χ3n) is 6.82. The first-order valence-corrected chi connectivity index (χ1v) is 10.8. The lowest BCUT2D eigenvalue weighted by Crippen LogP contribution is -2.73. The highest BCUT2D eigenvalue weighted by Gasteiger charge is 2.54. The van der Waals surface area contributed by atoms with E-state index in [1.807, 2.05) is 0 Å². The van der Waals surface area contributed by atoms with Gasteiger partial charge in [0.25, 0.3) is 5.91 Å². The number of amides is 2. The van der Waals surface area contributed by atoms with Gasteiger partial charge in [0.05, 0.1) is 18.7 Å². The van der Waals surface area contributed by atoms with Gasteiger partial charge in [0, 0.05) is 18.0 Å². The second-order valence-electron chi connectivity index (χ2n) is 8.58. The van der Waals surface area contributed by atoms with Crippen LogP contribution in [0.4, 0.5) is 4.39 Å². The van der Waals surface area contributed by atoms with E-state index in [9.17, 15) is 19.1 Å². The van der Waals surface area contributed by atoms with Gasteiger partial charge in [-0.15, -0.1) is 0 Å². The Bertz CT molecular complexity index is 1050. The number of nitrogens with zero attached hydrogens (tertiary/aromatic N) is 2. The minimum absolute atomic E-state index is 0.0383. The molecular weight excluding hydrogens is 395 g/mol. The Hall–Kier alpha value is -2.99. The summed E-state index contributed by atoms with van der Waals surface area (Å²) in [6.07, 6.45) is 5.71. The molecular formula is C25H25FN2O3. The highest BCUT2D eigenvalue weighted by atomic mass is 19.1. The predicted molar refractivity (Wildman–Crippen MR) is 115 cm³/mol. The van der Waals surface area contributed by atoms with Gasteiger partial charge < -0.3 is 14.9 Å². The first-order valence-electron chi connectivity index (χ1n) is 10.8. The van der Waals surface area contributed by atoms with Crippen molar-refractivity contribution in [3.8, 4) is 0 Å². The molecule has 0 bridgehead atoms.